The van der Waals surface area contributed by atoms with Crippen molar-refractivity contribution in [3.8, 4) is 11.1 Å². The van der Waals surface area contributed by atoms with E-state index in [1.54, 1.807) is 18.0 Å². The van der Waals surface area contributed by atoms with Gasteiger partial charge in [0.05, 0.1) is 16.2 Å². The highest BCUT2D eigenvalue weighted by atomic mass is 35.5. The molecule has 0 bridgehead atoms. The molecule has 8 heteroatoms. The summed E-state index contributed by atoms with van der Waals surface area (Å²) >= 11 is 6.64. The third kappa shape index (κ3) is 4.30. The third-order valence-corrected chi connectivity index (χ3v) is 6.65. The zero-order valence-corrected chi connectivity index (χ0v) is 19.1. The van der Waals surface area contributed by atoms with Gasteiger partial charge in [-0.15, -0.1) is 0 Å². The number of primary amides is 1. The van der Waals surface area contributed by atoms with Gasteiger partial charge in [-0.1, -0.05) is 23.7 Å². The van der Waals surface area contributed by atoms with Crippen molar-refractivity contribution in [1.29, 1.82) is 0 Å². The van der Waals surface area contributed by atoms with E-state index in [1.165, 1.54) is 0 Å². The maximum atomic E-state index is 12.0. The number of nitrogens with one attached hydrogen (secondary N) is 2. The lowest BCUT2D eigenvalue weighted by molar-refractivity contribution is -0.121. The van der Waals surface area contributed by atoms with Crippen molar-refractivity contribution in [2.24, 2.45) is 17.6 Å². The first kappa shape index (κ1) is 22.1. The number of nitrogens with zero attached hydrogens (tertiary/aromatic N) is 2. The van der Waals surface area contributed by atoms with Crippen LogP contribution in [0.15, 0.2) is 36.7 Å². The van der Waals surface area contributed by atoms with Crippen LogP contribution in [0.1, 0.15) is 33.1 Å². The van der Waals surface area contributed by atoms with E-state index in [1.807, 2.05) is 37.4 Å². The maximum absolute atomic E-state index is 12.0. The van der Waals surface area contributed by atoms with E-state index in [4.69, 9.17) is 17.3 Å². The molecule has 4 N–H and O–H groups in total. The summed E-state index contributed by atoms with van der Waals surface area (Å²) in [6.45, 7) is 4.85. The third-order valence-electron chi connectivity index (χ3n) is 6.34. The summed E-state index contributed by atoms with van der Waals surface area (Å²) in [7, 11) is 0. The zero-order chi connectivity index (χ0) is 22.8. The second-order valence-corrected chi connectivity index (χ2v) is 8.78. The van der Waals surface area contributed by atoms with Gasteiger partial charge in [0.2, 0.25) is 11.8 Å². The number of hydrogen-bond donors (Lipinski definition) is 3. The number of nitrogens with two attached hydrogens (primary N) is 1. The van der Waals surface area contributed by atoms with Crippen LogP contribution < -0.4 is 16.0 Å². The smallest absolute Gasteiger partial charge is 0.223 e. The largest absolute Gasteiger partial charge is 0.370 e. The number of amides is 2. The second-order valence-electron chi connectivity index (χ2n) is 8.37. The average Bonchev–Trinajstić information content (AvgIpc) is 3.40. The molecular weight excluding hydrogens is 426 g/mol. The van der Waals surface area contributed by atoms with Gasteiger partial charge in [0.15, 0.2) is 0 Å². The van der Waals surface area contributed by atoms with E-state index < -0.39 is 0 Å². The Bertz CT molecular complexity index is 1160. The van der Waals surface area contributed by atoms with Gasteiger partial charge < -0.3 is 20.9 Å². The van der Waals surface area contributed by atoms with Gasteiger partial charge in [-0.2, -0.15) is 0 Å². The molecule has 0 saturated heterocycles. The molecule has 2 amide bonds. The monoisotopic (exact) mass is 453 g/mol. The van der Waals surface area contributed by atoms with Crippen LogP contribution in [0.5, 0.6) is 0 Å². The molecule has 2 unspecified atom stereocenters. The number of anilines is 2. The Morgan fingerprint density at radius 3 is 2.78 bits per heavy atom. The minimum atomic E-state index is -0.203. The number of aromatic amines is 1. The summed E-state index contributed by atoms with van der Waals surface area (Å²) < 4.78 is 0. The standard InChI is InChI=1S/C24H28ClN5O2/c1-3-30(14(2)31)21-6-4-5-17-18(12-29-23(17)21)19-13-28-22(10-20(19)25)27-11-15-7-8-16(9-15)24(26)32/h4-6,10,12-13,15-16,29H,3,7-9,11H2,1-2H3,(H2,26,32)(H,27,28). The lowest BCUT2D eigenvalue weighted by Crippen LogP contribution is -2.28. The summed E-state index contributed by atoms with van der Waals surface area (Å²) in [5, 5.41) is 4.91. The van der Waals surface area contributed by atoms with Crippen LogP contribution in [-0.2, 0) is 9.59 Å². The Labute approximate surface area is 192 Å². The molecule has 1 fully saturated rings. The second kappa shape index (κ2) is 9.20. The molecule has 3 aromatic rings. The summed E-state index contributed by atoms with van der Waals surface area (Å²) in [4.78, 5) is 33.0. The molecule has 1 aliphatic rings. The van der Waals surface area contributed by atoms with Gasteiger partial charge in [-0.25, -0.2) is 4.98 Å². The highest BCUT2D eigenvalue weighted by Crippen LogP contribution is 2.37. The van der Waals surface area contributed by atoms with Crippen molar-refractivity contribution in [3.05, 3.63) is 41.7 Å². The number of pyridine rings is 1. The number of benzene rings is 1. The predicted molar refractivity (Wildman–Crippen MR) is 129 cm³/mol. The normalized spacial score (nSPS) is 18.1. The van der Waals surface area contributed by atoms with Crippen LogP contribution in [-0.4, -0.2) is 34.9 Å². The van der Waals surface area contributed by atoms with E-state index in [-0.39, 0.29) is 17.7 Å². The molecule has 1 saturated carbocycles. The fourth-order valence-electron chi connectivity index (χ4n) is 4.64. The minimum absolute atomic E-state index is 0.00399. The van der Waals surface area contributed by atoms with Crippen LogP contribution in [0.4, 0.5) is 11.5 Å². The first-order chi connectivity index (χ1) is 15.4. The van der Waals surface area contributed by atoms with Gasteiger partial charge >= 0.3 is 0 Å². The van der Waals surface area contributed by atoms with Crippen LogP contribution in [0.25, 0.3) is 22.0 Å². The molecular formula is C24H28ClN5O2. The summed E-state index contributed by atoms with van der Waals surface area (Å²) in [6.07, 6.45) is 6.33. The molecule has 0 spiro atoms. The van der Waals surface area contributed by atoms with Crippen molar-refractivity contribution in [3.63, 3.8) is 0 Å². The summed E-state index contributed by atoms with van der Waals surface area (Å²) in [6, 6.07) is 7.72. The van der Waals surface area contributed by atoms with Gasteiger partial charge in [0.1, 0.15) is 5.82 Å². The fourth-order valence-corrected chi connectivity index (χ4v) is 4.90. The van der Waals surface area contributed by atoms with Crippen molar-refractivity contribution in [1.82, 2.24) is 9.97 Å². The Kier molecular flexibility index (Phi) is 6.37. The molecule has 4 rings (SSSR count). The lowest BCUT2D eigenvalue weighted by atomic mass is 10.0. The molecule has 1 aromatic carbocycles. The number of carbonyl (C=O) groups is 2. The Morgan fingerprint density at radius 2 is 2.12 bits per heavy atom. The van der Waals surface area contributed by atoms with Crippen molar-refractivity contribution < 1.29 is 9.59 Å². The number of para-hydroxylation sites is 1. The Hall–Kier alpha value is -3.06. The van der Waals surface area contributed by atoms with E-state index in [2.05, 4.69) is 15.3 Å². The first-order valence-electron chi connectivity index (χ1n) is 11.0. The molecule has 7 nitrogen and oxygen atoms in total. The number of H-pyrrole nitrogens is 1. The van der Waals surface area contributed by atoms with E-state index in [0.717, 1.165) is 53.5 Å². The quantitative estimate of drug-likeness (QED) is 0.487. The van der Waals surface area contributed by atoms with Crippen molar-refractivity contribution in [2.45, 2.75) is 33.1 Å². The molecule has 0 aliphatic heterocycles. The summed E-state index contributed by atoms with van der Waals surface area (Å²) in [5.41, 5.74) is 8.92. The highest BCUT2D eigenvalue weighted by Gasteiger charge is 2.28. The molecule has 0 radical (unpaired) electrons. The van der Waals surface area contributed by atoms with Crippen molar-refractivity contribution >= 4 is 45.8 Å². The summed E-state index contributed by atoms with van der Waals surface area (Å²) in [5.74, 6) is 0.887. The number of carbonyl (C=O) groups excluding carboxylic acids is 2. The van der Waals surface area contributed by atoms with E-state index in [9.17, 15) is 9.59 Å². The Morgan fingerprint density at radius 1 is 1.31 bits per heavy atom. The van der Waals surface area contributed by atoms with Crippen molar-refractivity contribution in [2.75, 3.05) is 23.3 Å². The van der Waals surface area contributed by atoms with Crippen LogP contribution in [0.2, 0.25) is 5.02 Å². The number of aromatic nitrogens is 2. The van der Waals surface area contributed by atoms with Crippen LogP contribution in [0, 0.1) is 11.8 Å². The maximum Gasteiger partial charge on any atom is 0.223 e. The Balaban J connectivity index is 1.55. The molecule has 2 heterocycles. The molecule has 32 heavy (non-hydrogen) atoms. The highest BCUT2D eigenvalue weighted by molar-refractivity contribution is 6.34. The predicted octanol–water partition coefficient (Wildman–Crippen LogP) is 4.57. The number of hydrogen-bond acceptors (Lipinski definition) is 4. The van der Waals surface area contributed by atoms with E-state index in [0.29, 0.717) is 23.3 Å². The molecule has 168 valence electrons. The molecule has 2 aromatic heterocycles. The topological polar surface area (TPSA) is 104 Å². The van der Waals surface area contributed by atoms with Crippen LogP contribution >= 0.6 is 11.6 Å². The zero-order valence-electron chi connectivity index (χ0n) is 18.3. The molecule has 1 aliphatic carbocycles. The van der Waals surface area contributed by atoms with Gasteiger partial charge in [0, 0.05) is 54.8 Å². The van der Waals surface area contributed by atoms with Gasteiger partial charge in [0.25, 0.3) is 0 Å². The first-order valence-corrected chi connectivity index (χ1v) is 11.3. The van der Waals surface area contributed by atoms with Gasteiger partial charge in [-0.05, 0) is 44.2 Å². The number of rotatable bonds is 7. The number of fused-ring (bicyclic) bond motifs is 1. The molecule has 2 atom stereocenters. The SMILES string of the molecule is CCN(C(C)=O)c1cccc2c(-c3cnc(NCC4CCC(C(N)=O)C4)cc3Cl)c[nH]c12. The minimum Gasteiger partial charge on any atom is -0.370 e. The van der Waals surface area contributed by atoms with Crippen LogP contribution in [0.3, 0.4) is 0 Å². The number of halogens is 1. The van der Waals surface area contributed by atoms with E-state index >= 15 is 0 Å². The van der Waals surface area contributed by atoms with Gasteiger partial charge in [-0.3, -0.25) is 9.59 Å². The lowest BCUT2D eigenvalue weighted by Gasteiger charge is -2.19. The average molecular weight is 454 g/mol. The fraction of sp³-hybridized carbons (Fsp3) is 0.375.